The molecule has 1 aromatic carbocycles. The van der Waals surface area contributed by atoms with Crippen LogP contribution >= 0.6 is 11.8 Å². The van der Waals surface area contributed by atoms with Gasteiger partial charge in [0.2, 0.25) is 11.8 Å². The highest BCUT2D eigenvalue weighted by Gasteiger charge is 2.28. The van der Waals surface area contributed by atoms with E-state index in [2.05, 4.69) is 22.4 Å². The Hall–Kier alpha value is -1.82. The van der Waals surface area contributed by atoms with Gasteiger partial charge < -0.3 is 9.73 Å². The van der Waals surface area contributed by atoms with Crippen LogP contribution in [0.15, 0.2) is 33.9 Å². The minimum atomic E-state index is 0.0139. The summed E-state index contributed by atoms with van der Waals surface area (Å²) < 4.78 is 5.63. The van der Waals surface area contributed by atoms with E-state index in [0.29, 0.717) is 22.8 Å². The number of rotatable bonds is 6. The summed E-state index contributed by atoms with van der Waals surface area (Å²) in [6, 6.07) is 8.11. The average Bonchev–Trinajstić information content (AvgIpc) is 3.25. The van der Waals surface area contributed by atoms with Crippen LogP contribution in [0.2, 0.25) is 0 Å². The molecule has 5 nitrogen and oxygen atoms in total. The van der Waals surface area contributed by atoms with Gasteiger partial charge in [-0.05, 0) is 44.2 Å². The number of amides is 1. The number of aromatic nitrogens is 2. The summed E-state index contributed by atoms with van der Waals surface area (Å²) in [5.74, 6) is 1.46. The molecule has 2 aromatic rings. The summed E-state index contributed by atoms with van der Waals surface area (Å²) in [6.45, 7) is 4.06. The van der Waals surface area contributed by atoms with Gasteiger partial charge in [-0.3, -0.25) is 4.79 Å². The van der Waals surface area contributed by atoms with E-state index < -0.39 is 0 Å². The van der Waals surface area contributed by atoms with E-state index in [1.807, 2.05) is 31.2 Å². The maximum absolute atomic E-state index is 11.9. The fourth-order valence-electron chi connectivity index (χ4n) is 2.33. The highest BCUT2D eigenvalue weighted by Crippen LogP contribution is 2.32. The predicted molar refractivity (Wildman–Crippen MR) is 85.5 cm³/mol. The van der Waals surface area contributed by atoms with E-state index >= 15 is 0 Å². The van der Waals surface area contributed by atoms with Crippen LogP contribution in [0.3, 0.4) is 0 Å². The third kappa shape index (κ3) is 3.68. The Labute approximate surface area is 133 Å². The van der Waals surface area contributed by atoms with Crippen molar-refractivity contribution in [1.82, 2.24) is 15.5 Å². The summed E-state index contributed by atoms with van der Waals surface area (Å²) in [5, 5.41) is 11.5. The fourth-order valence-corrected chi connectivity index (χ4v) is 2.90. The first kappa shape index (κ1) is 15.1. The van der Waals surface area contributed by atoms with E-state index in [0.717, 1.165) is 11.1 Å². The number of thioether (sulfide) groups is 1. The molecule has 0 saturated heterocycles. The van der Waals surface area contributed by atoms with E-state index in [4.69, 9.17) is 4.42 Å². The van der Waals surface area contributed by atoms with Gasteiger partial charge in [-0.2, -0.15) is 0 Å². The highest BCUT2D eigenvalue weighted by atomic mass is 32.2. The minimum absolute atomic E-state index is 0.0139. The lowest BCUT2D eigenvalue weighted by molar-refractivity contribution is -0.119. The van der Waals surface area contributed by atoms with E-state index in [1.165, 1.54) is 24.6 Å². The monoisotopic (exact) mass is 317 g/mol. The molecule has 22 heavy (non-hydrogen) atoms. The van der Waals surface area contributed by atoms with Gasteiger partial charge in [-0.1, -0.05) is 30.0 Å². The molecular weight excluding hydrogens is 298 g/mol. The Morgan fingerprint density at radius 2 is 2.18 bits per heavy atom. The first-order valence-corrected chi connectivity index (χ1v) is 8.43. The van der Waals surface area contributed by atoms with Gasteiger partial charge in [0.15, 0.2) is 0 Å². The van der Waals surface area contributed by atoms with Crippen molar-refractivity contribution in [1.29, 1.82) is 0 Å². The molecule has 1 aliphatic carbocycles. The number of carbonyl (C=O) groups excluding carboxylic acids is 1. The second-order valence-electron chi connectivity index (χ2n) is 5.67. The number of nitrogens with zero attached hydrogens (tertiary/aromatic N) is 2. The normalized spacial score (nSPS) is 15.5. The van der Waals surface area contributed by atoms with Gasteiger partial charge >= 0.3 is 0 Å². The van der Waals surface area contributed by atoms with Gasteiger partial charge in [0.05, 0.1) is 5.75 Å². The standard InChI is InChI=1S/C16H19N3O2S/c1-10-5-3-4-6-13(10)15-18-19-16(21-15)22-9-14(20)17-11(2)12-7-8-12/h3-6,11-12H,7-9H2,1-2H3,(H,17,20)/t11-/m1/s1. The lowest BCUT2D eigenvalue weighted by Crippen LogP contribution is -2.35. The Balaban J connectivity index is 1.55. The lowest BCUT2D eigenvalue weighted by atomic mass is 10.1. The summed E-state index contributed by atoms with van der Waals surface area (Å²) in [7, 11) is 0. The first-order chi connectivity index (χ1) is 10.6. The average molecular weight is 317 g/mol. The molecule has 1 aromatic heterocycles. The van der Waals surface area contributed by atoms with Crippen molar-refractivity contribution in [2.45, 2.75) is 38.0 Å². The zero-order chi connectivity index (χ0) is 15.5. The SMILES string of the molecule is Cc1ccccc1-c1nnc(SCC(=O)N[C@H](C)C2CC2)o1. The Morgan fingerprint density at radius 1 is 1.41 bits per heavy atom. The van der Waals surface area contributed by atoms with Gasteiger partial charge in [0.1, 0.15) is 0 Å². The minimum Gasteiger partial charge on any atom is -0.411 e. The second kappa shape index (κ2) is 6.52. The zero-order valence-corrected chi connectivity index (χ0v) is 13.5. The van der Waals surface area contributed by atoms with E-state index in [9.17, 15) is 4.79 Å². The van der Waals surface area contributed by atoms with Crippen LogP contribution < -0.4 is 5.32 Å². The third-order valence-electron chi connectivity index (χ3n) is 3.83. The van der Waals surface area contributed by atoms with Crippen molar-refractivity contribution in [3.05, 3.63) is 29.8 Å². The number of benzene rings is 1. The van der Waals surface area contributed by atoms with Crippen LogP contribution in [0.25, 0.3) is 11.5 Å². The van der Waals surface area contributed by atoms with Gasteiger partial charge in [0, 0.05) is 11.6 Å². The summed E-state index contributed by atoms with van der Waals surface area (Å²) in [5.41, 5.74) is 2.01. The molecule has 1 saturated carbocycles. The number of hydrogen-bond donors (Lipinski definition) is 1. The molecule has 1 amide bonds. The van der Waals surface area contributed by atoms with Crippen LogP contribution in [0, 0.1) is 12.8 Å². The van der Waals surface area contributed by atoms with Crippen LogP contribution in [-0.2, 0) is 4.79 Å². The molecule has 1 N–H and O–H groups in total. The van der Waals surface area contributed by atoms with Crippen molar-refractivity contribution >= 4 is 17.7 Å². The fraction of sp³-hybridized carbons (Fsp3) is 0.438. The molecule has 1 aliphatic rings. The Bertz CT molecular complexity index is 667. The molecule has 0 aliphatic heterocycles. The van der Waals surface area contributed by atoms with Crippen LogP contribution in [-0.4, -0.2) is 27.9 Å². The smallest absolute Gasteiger partial charge is 0.277 e. The van der Waals surface area contributed by atoms with Gasteiger partial charge in [-0.25, -0.2) is 0 Å². The van der Waals surface area contributed by atoms with Crippen molar-refractivity contribution in [3.8, 4) is 11.5 Å². The van der Waals surface area contributed by atoms with Crippen LogP contribution in [0.5, 0.6) is 0 Å². The number of carbonyl (C=O) groups is 1. The van der Waals surface area contributed by atoms with Crippen molar-refractivity contribution in [2.75, 3.05) is 5.75 Å². The first-order valence-electron chi connectivity index (χ1n) is 7.45. The molecule has 1 fully saturated rings. The van der Waals surface area contributed by atoms with Crippen molar-refractivity contribution in [2.24, 2.45) is 5.92 Å². The molecule has 0 spiro atoms. The second-order valence-corrected chi connectivity index (χ2v) is 6.60. The van der Waals surface area contributed by atoms with Crippen molar-refractivity contribution in [3.63, 3.8) is 0 Å². The number of hydrogen-bond acceptors (Lipinski definition) is 5. The third-order valence-corrected chi connectivity index (χ3v) is 4.64. The predicted octanol–water partition coefficient (Wildman–Crippen LogP) is 3.05. The van der Waals surface area contributed by atoms with Crippen LogP contribution in [0.1, 0.15) is 25.3 Å². The summed E-state index contributed by atoms with van der Waals surface area (Å²) in [4.78, 5) is 11.9. The molecule has 1 heterocycles. The van der Waals surface area contributed by atoms with Crippen molar-refractivity contribution < 1.29 is 9.21 Å². The maximum atomic E-state index is 11.9. The summed E-state index contributed by atoms with van der Waals surface area (Å²) in [6.07, 6.45) is 2.44. The molecule has 116 valence electrons. The molecule has 6 heteroatoms. The van der Waals surface area contributed by atoms with Gasteiger partial charge in [-0.15, -0.1) is 10.2 Å². The molecule has 0 bridgehead atoms. The number of aryl methyl sites for hydroxylation is 1. The molecule has 3 rings (SSSR count). The lowest BCUT2D eigenvalue weighted by Gasteiger charge is -2.11. The van der Waals surface area contributed by atoms with E-state index in [1.54, 1.807) is 0 Å². The van der Waals surface area contributed by atoms with E-state index in [-0.39, 0.29) is 11.9 Å². The van der Waals surface area contributed by atoms with Gasteiger partial charge in [0.25, 0.3) is 5.22 Å². The Kier molecular flexibility index (Phi) is 4.47. The molecular formula is C16H19N3O2S. The Morgan fingerprint density at radius 3 is 2.91 bits per heavy atom. The molecule has 1 atom stereocenters. The topological polar surface area (TPSA) is 68.0 Å². The number of nitrogens with one attached hydrogen (secondary N) is 1. The summed E-state index contributed by atoms with van der Waals surface area (Å²) >= 11 is 1.27. The van der Waals surface area contributed by atoms with Crippen LogP contribution in [0.4, 0.5) is 0 Å². The molecule has 0 radical (unpaired) electrons. The molecule has 0 unspecified atom stereocenters. The quantitative estimate of drug-likeness (QED) is 0.829. The largest absolute Gasteiger partial charge is 0.411 e. The maximum Gasteiger partial charge on any atom is 0.277 e. The highest BCUT2D eigenvalue weighted by molar-refractivity contribution is 7.99. The zero-order valence-electron chi connectivity index (χ0n) is 12.7.